The molecule has 21 heavy (non-hydrogen) atoms. The lowest BCUT2D eigenvalue weighted by molar-refractivity contribution is 0.0303. The van der Waals surface area contributed by atoms with Crippen LogP contribution in [0.15, 0.2) is 0 Å². The average Bonchev–Trinajstić information content (AvgIpc) is 2.38. The van der Waals surface area contributed by atoms with Gasteiger partial charge in [0.1, 0.15) is 0 Å². The van der Waals surface area contributed by atoms with Gasteiger partial charge in [-0.25, -0.2) is 13.1 Å². The average molecular weight is 318 g/mol. The van der Waals surface area contributed by atoms with Crippen LogP contribution in [-0.2, 0) is 14.8 Å². The Morgan fingerprint density at radius 2 is 2.10 bits per heavy atom. The minimum atomic E-state index is -3.25. The van der Waals surface area contributed by atoms with Crippen LogP contribution in [-0.4, -0.2) is 57.5 Å². The van der Waals surface area contributed by atoms with E-state index in [4.69, 9.17) is 4.74 Å². The summed E-state index contributed by atoms with van der Waals surface area (Å²) >= 11 is 0. The molecular weight excluding hydrogens is 288 g/mol. The van der Waals surface area contributed by atoms with Crippen LogP contribution in [0.25, 0.3) is 0 Å². The van der Waals surface area contributed by atoms with Crippen molar-refractivity contribution in [1.82, 2.24) is 9.62 Å². The minimum Gasteiger partial charge on any atom is -0.377 e. The van der Waals surface area contributed by atoms with Crippen LogP contribution in [0.4, 0.5) is 0 Å². The maximum absolute atomic E-state index is 12.2. The Morgan fingerprint density at radius 1 is 1.29 bits per heavy atom. The molecule has 0 spiro atoms. The summed E-state index contributed by atoms with van der Waals surface area (Å²) in [5.74, 6) is 0.825. The van der Waals surface area contributed by atoms with Crippen molar-refractivity contribution in [2.45, 2.75) is 58.1 Å². The predicted octanol–water partition coefficient (Wildman–Crippen LogP) is 1.60. The van der Waals surface area contributed by atoms with E-state index in [0.29, 0.717) is 6.61 Å². The van der Waals surface area contributed by atoms with E-state index in [1.165, 1.54) is 12.8 Å². The maximum atomic E-state index is 12.2. The molecule has 0 radical (unpaired) electrons. The topological polar surface area (TPSA) is 58.6 Å². The minimum absolute atomic E-state index is 0.0381. The van der Waals surface area contributed by atoms with Gasteiger partial charge in [0.15, 0.2) is 0 Å². The molecular formula is C15H30N2O3S. The van der Waals surface area contributed by atoms with Gasteiger partial charge in [-0.3, -0.25) is 0 Å². The van der Waals surface area contributed by atoms with E-state index in [1.54, 1.807) is 0 Å². The molecule has 2 rings (SSSR count). The van der Waals surface area contributed by atoms with Crippen LogP contribution < -0.4 is 4.72 Å². The van der Waals surface area contributed by atoms with E-state index in [9.17, 15) is 8.42 Å². The fraction of sp³-hybridized carbons (Fsp3) is 1.00. The number of rotatable bonds is 6. The first-order chi connectivity index (χ1) is 9.94. The van der Waals surface area contributed by atoms with Crippen molar-refractivity contribution in [1.29, 1.82) is 0 Å². The number of nitrogens with zero attached hydrogens (tertiary/aromatic N) is 1. The number of ether oxygens (including phenoxy) is 1. The number of hydrogen-bond acceptors (Lipinski definition) is 4. The zero-order valence-corrected chi connectivity index (χ0v) is 14.2. The molecule has 3 unspecified atom stereocenters. The lowest BCUT2D eigenvalue weighted by Gasteiger charge is -2.33. The van der Waals surface area contributed by atoms with Crippen molar-refractivity contribution in [3.8, 4) is 0 Å². The van der Waals surface area contributed by atoms with Gasteiger partial charge in [0, 0.05) is 25.7 Å². The van der Waals surface area contributed by atoms with Crippen molar-refractivity contribution >= 4 is 10.0 Å². The summed E-state index contributed by atoms with van der Waals surface area (Å²) < 4.78 is 32.8. The van der Waals surface area contributed by atoms with Crippen molar-refractivity contribution in [2.75, 3.05) is 32.0 Å². The summed E-state index contributed by atoms with van der Waals surface area (Å²) in [6.45, 7) is 7.89. The summed E-state index contributed by atoms with van der Waals surface area (Å²) in [6, 6.07) is -0.0381. The lowest BCUT2D eigenvalue weighted by Crippen LogP contribution is -2.46. The number of piperidine rings is 1. The molecule has 0 saturated carbocycles. The van der Waals surface area contributed by atoms with Crippen LogP contribution in [0.5, 0.6) is 0 Å². The molecule has 124 valence electrons. The van der Waals surface area contributed by atoms with Crippen LogP contribution in [0.1, 0.15) is 46.0 Å². The molecule has 3 atom stereocenters. The summed E-state index contributed by atoms with van der Waals surface area (Å²) in [6.07, 6.45) is 5.36. The largest absolute Gasteiger partial charge is 0.377 e. The second-order valence-electron chi connectivity index (χ2n) is 6.80. The first-order valence-corrected chi connectivity index (χ1v) is 9.94. The molecule has 0 aromatic heterocycles. The summed E-state index contributed by atoms with van der Waals surface area (Å²) in [7, 11) is -3.25. The van der Waals surface area contributed by atoms with Gasteiger partial charge in [0.25, 0.3) is 0 Å². The molecule has 0 aliphatic carbocycles. The molecule has 0 aromatic rings. The highest BCUT2D eigenvalue weighted by molar-refractivity contribution is 7.89. The Bertz CT molecular complexity index is 407. The smallest absolute Gasteiger partial charge is 0.214 e. The highest BCUT2D eigenvalue weighted by Crippen LogP contribution is 2.16. The third-order valence-corrected chi connectivity index (χ3v) is 5.91. The van der Waals surface area contributed by atoms with Crippen LogP contribution in [0, 0.1) is 5.92 Å². The van der Waals surface area contributed by atoms with Gasteiger partial charge in [0.05, 0.1) is 11.9 Å². The van der Waals surface area contributed by atoms with Crippen molar-refractivity contribution < 1.29 is 13.2 Å². The Hall–Kier alpha value is -0.170. The Kier molecular flexibility index (Phi) is 6.47. The molecule has 2 aliphatic heterocycles. The number of hydrogen-bond donors (Lipinski definition) is 1. The van der Waals surface area contributed by atoms with Crippen molar-refractivity contribution in [3.63, 3.8) is 0 Å². The maximum Gasteiger partial charge on any atom is 0.214 e. The second kappa shape index (κ2) is 7.90. The van der Waals surface area contributed by atoms with Gasteiger partial charge in [-0.2, -0.15) is 0 Å². The highest BCUT2D eigenvalue weighted by Gasteiger charge is 2.25. The number of sulfonamides is 1. The van der Waals surface area contributed by atoms with Gasteiger partial charge in [0.2, 0.25) is 10.0 Å². The monoisotopic (exact) mass is 318 g/mol. The highest BCUT2D eigenvalue weighted by atomic mass is 32.2. The van der Waals surface area contributed by atoms with E-state index >= 15 is 0 Å². The first-order valence-electron chi connectivity index (χ1n) is 8.28. The van der Waals surface area contributed by atoms with E-state index in [0.717, 1.165) is 44.8 Å². The molecule has 1 N–H and O–H groups in total. The summed E-state index contributed by atoms with van der Waals surface area (Å²) in [5.41, 5.74) is 0. The van der Waals surface area contributed by atoms with Gasteiger partial charge >= 0.3 is 0 Å². The summed E-state index contributed by atoms with van der Waals surface area (Å²) in [4.78, 5) is 2.37. The van der Waals surface area contributed by atoms with Gasteiger partial charge in [-0.1, -0.05) is 6.92 Å². The molecule has 0 bridgehead atoms. The molecule has 2 heterocycles. The first kappa shape index (κ1) is 17.2. The Labute approximate surface area is 129 Å². The SMILES string of the molecule is CC1CCCN(CC(C)NS(=O)(=O)CC2CCCCO2)C1. The summed E-state index contributed by atoms with van der Waals surface area (Å²) in [5, 5.41) is 0. The van der Waals surface area contributed by atoms with Gasteiger partial charge in [-0.05, 0) is 51.5 Å². The Balaban J connectivity index is 1.75. The molecule has 2 fully saturated rings. The van der Waals surface area contributed by atoms with E-state index in [-0.39, 0.29) is 17.9 Å². The lowest BCUT2D eigenvalue weighted by atomic mass is 10.00. The van der Waals surface area contributed by atoms with Crippen LogP contribution in [0.3, 0.4) is 0 Å². The van der Waals surface area contributed by atoms with Crippen molar-refractivity contribution in [2.24, 2.45) is 5.92 Å². The third kappa shape index (κ3) is 6.22. The quantitative estimate of drug-likeness (QED) is 0.808. The van der Waals surface area contributed by atoms with Crippen molar-refractivity contribution in [3.05, 3.63) is 0 Å². The van der Waals surface area contributed by atoms with Gasteiger partial charge in [-0.15, -0.1) is 0 Å². The standard InChI is InChI=1S/C15H30N2O3S/c1-13-6-5-8-17(10-13)11-14(2)16-21(18,19)12-15-7-3-4-9-20-15/h13-16H,3-12H2,1-2H3. The molecule has 5 nitrogen and oxygen atoms in total. The third-order valence-electron chi connectivity index (χ3n) is 4.33. The van der Waals surface area contributed by atoms with E-state index < -0.39 is 10.0 Å². The predicted molar refractivity (Wildman–Crippen MR) is 84.8 cm³/mol. The second-order valence-corrected chi connectivity index (χ2v) is 8.59. The molecule has 2 aliphatic rings. The van der Waals surface area contributed by atoms with Crippen LogP contribution in [0.2, 0.25) is 0 Å². The normalized spacial score (nSPS) is 30.2. The van der Waals surface area contributed by atoms with E-state index in [1.807, 2.05) is 6.92 Å². The molecule has 0 aromatic carbocycles. The molecule has 0 amide bonds. The van der Waals surface area contributed by atoms with Gasteiger partial charge < -0.3 is 9.64 Å². The zero-order valence-electron chi connectivity index (χ0n) is 13.4. The number of nitrogens with one attached hydrogen (secondary N) is 1. The Morgan fingerprint density at radius 3 is 2.76 bits per heavy atom. The fourth-order valence-electron chi connectivity index (χ4n) is 3.42. The zero-order chi connectivity index (χ0) is 15.3. The molecule has 2 saturated heterocycles. The van der Waals surface area contributed by atoms with E-state index in [2.05, 4.69) is 16.5 Å². The molecule has 6 heteroatoms. The number of likely N-dealkylation sites (tertiary alicyclic amines) is 1. The fourth-order valence-corrected chi connectivity index (χ4v) is 4.95. The van der Waals surface area contributed by atoms with Crippen LogP contribution >= 0.6 is 0 Å².